The molecule has 0 aromatic heterocycles. The Morgan fingerprint density at radius 2 is 1.85 bits per heavy atom. The van der Waals surface area contributed by atoms with Gasteiger partial charge in [-0.15, -0.1) is 0 Å². The van der Waals surface area contributed by atoms with E-state index in [0.29, 0.717) is 19.4 Å². The molecular weight excluding hydrogens is 352 g/mol. The van der Waals surface area contributed by atoms with E-state index in [2.05, 4.69) is 5.32 Å². The van der Waals surface area contributed by atoms with Crippen molar-refractivity contribution in [3.05, 3.63) is 35.9 Å². The van der Waals surface area contributed by atoms with E-state index in [9.17, 15) is 19.2 Å². The maximum atomic E-state index is 12.2. The van der Waals surface area contributed by atoms with Gasteiger partial charge in [0.1, 0.15) is 12.6 Å². The predicted molar refractivity (Wildman–Crippen MR) is 95.3 cm³/mol. The lowest BCUT2D eigenvalue weighted by Gasteiger charge is -2.21. The van der Waals surface area contributed by atoms with Crippen molar-refractivity contribution < 1.29 is 28.7 Å². The minimum Gasteiger partial charge on any atom is -0.454 e. The molecule has 27 heavy (non-hydrogen) atoms. The van der Waals surface area contributed by atoms with Gasteiger partial charge in [-0.2, -0.15) is 0 Å². The van der Waals surface area contributed by atoms with Crippen LogP contribution in [0.5, 0.6) is 0 Å². The number of carbonyl (C=O) groups is 4. The molecule has 1 fully saturated rings. The van der Waals surface area contributed by atoms with Crippen molar-refractivity contribution in [2.24, 2.45) is 5.92 Å². The van der Waals surface area contributed by atoms with Crippen molar-refractivity contribution in [2.45, 2.75) is 39.3 Å². The molecule has 1 heterocycles. The van der Waals surface area contributed by atoms with Crippen LogP contribution >= 0.6 is 0 Å². The van der Waals surface area contributed by atoms with Crippen LogP contribution in [0.1, 0.15) is 32.3 Å². The smallest absolute Gasteiger partial charge is 0.408 e. The summed E-state index contributed by atoms with van der Waals surface area (Å²) in [6.07, 6.45) is 0.181. The molecule has 0 radical (unpaired) electrons. The zero-order valence-electron chi connectivity index (χ0n) is 15.5. The summed E-state index contributed by atoms with van der Waals surface area (Å²) in [4.78, 5) is 48.8. The molecule has 3 amide bonds. The largest absolute Gasteiger partial charge is 0.454 e. The van der Waals surface area contributed by atoms with Crippen LogP contribution in [-0.2, 0) is 30.5 Å². The summed E-state index contributed by atoms with van der Waals surface area (Å²) in [5.74, 6) is -1.84. The molecule has 1 aromatic rings. The lowest BCUT2D eigenvalue weighted by molar-refractivity contribution is -0.156. The van der Waals surface area contributed by atoms with Gasteiger partial charge in [0.05, 0.1) is 0 Å². The quantitative estimate of drug-likeness (QED) is 0.726. The van der Waals surface area contributed by atoms with Gasteiger partial charge in [-0.1, -0.05) is 44.2 Å². The van der Waals surface area contributed by atoms with Gasteiger partial charge >= 0.3 is 12.1 Å². The predicted octanol–water partition coefficient (Wildman–Crippen LogP) is 1.63. The van der Waals surface area contributed by atoms with Crippen LogP contribution in [0.25, 0.3) is 0 Å². The highest BCUT2D eigenvalue weighted by atomic mass is 16.6. The van der Waals surface area contributed by atoms with Gasteiger partial charge in [0.15, 0.2) is 6.61 Å². The van der Waals surface area contributed by atoms with Crippen LogP contribution in [-0.4, -0.2) is 48.0 Å². The van der Waals surface area contributed by atoms with Crippen molar-refractivity contribution in [2.75, 3.05) is 13.2 Å². The van der Waals surface area contributed by atoms with Gasteiger partial charge < -0.3 is 14.8 Å². The Bertz CT molecular complexity index is 689. The lowest BCUT2D eigenvalue weighted by atomic mass is 10.1. The zero-order chi connectivity index (χ0) is 19.8. The summed E-state index contributed by atoms with van der Waals surface area (Å²) in [7, 11) is 0. The maximum Gasteiger partial charge on any atom is 0.408 e. The highest BCUT2D eigenvalue weighted by Gasteiger charge is 2.30. The topological polar surface area (TPSA) is 102 Å². The van der Waals surface area contributed by atoms with Gasteiger partial charge in [-0.25, -0.2) is 9.59 Å². The van der Waals surface area contributed by atoms with E-state index < -0.39 is 30.6 Å². The molecule has 1 aliphatic heterocycles. The first-order chi connectivity index (χ1) is 12.9. The number of nitrogens with zero attached hydrogens (tertiary/aromatic N) is 1. The average Bonchev–Trinajstić information content (AvgIpc) is 3.09. The first-order valence-corrected chi connectivity index (χ1v) is 8.85. The van der Waals surface area contributed by atoms with Crippen molar-refractivity contribution in [1.29, 1.82) is 0 Å². The number of likely N-dealkylation sites (tertiary alicyclic amines) is 1. The van der Waals surface area contributed by atoms with E-state index in [1.165, 1.54) is 0 Å². The van der Waals surface area contributed by atoms with Crippen LogP contribution in [0.3, 0.4) is 0 Å². The lowest BCUT2D eigenvalue weighted by Crippen LogP contribution is -2.46. The minimum atomic E-state index is -0.963. The van der Waals surface area contributed by atoms with Crippen molar-refractivity contribution >= 4 is 23.9 Å². The summed E-state index contributed by atoms with van der Waals surface area (Å²) in [6, 6.07) is 8.17. The fraction of sp³-hybridized carbons (Fsp3) is 0.474. The fourth-order valence-corrected chi connectivity index (χ4v) is 2.60. The highest BCUT2D eigenvalue weighted by molar-refractivity contribution is 5.97. The number of benzene rings is 1. The van der Waals surface area contributed by atoms with Gasteiger partial charge in [0, 0.05) is 13.0 Å². The molecule has 0 bridgehead atoms. The highest BCUT2D eigenvalue weighted by Crippen LogP contribution is 2.11. The van der Waals surface area contributed by atoms with Crippen LogP contribution in [0.4, 0.5) is 4.79 Å². The van der Waals surface area contributed by atoms with Gasteiger partial charge in [0.25, 0.3) is 5.91 Å². The zero-order valence-corrected chi connectivity index (χ0v) is 15.5. The number of hydrogen-bond acceptors (Lipinski definition) is 6. The molecule has 0 aliphatic carbocycles. The minimum absolute atomic E-state index is 0.0715. The molecule has 1 aromatic carbocycles. The summed E-state index contributed by atoms with van der Waals surface area (Å²) in [5.41, 5.74) is 0.817. The molecular formula is C19H24N2O6. The van der Waals surface area contributed by atoms with Crippen LogP contribution in [0.15, 0.2) is 30.3 Å². The molecule has 8 heteroatoms. The third-order valence-corrected chi connectivity index (χ3v) is 4.12. The Morgan fingerprint density at radius 3 is 2.44 bits per heavy atom. The van der Waals surface area contributed by atoms with Crippen LogP contribution in [0.2, 0.25) is 0 Å². The first kappa shape index (κ1) is 20.4. The number of rotatable bonds is 7. The standard InChI is InChI=1S/C19H24N2O6/c1-13(2)17(20-19(25)27-11-14-7-4-3-5-8-14)18(24)26-12-16(23)21-10-6-9-15(21)22/h3-5,7-8,13,17H,6,9-12H2,1-2H3,(H,20,25). The van der Waals surface area contributed by atoms with Crippen molar-refractivity contribution in [3.8, 4) is 0 Å². The van der Waals surface area contributed by atoms with Gasteiger partial charge in [-0.05, 0) is 17.9 Å². The second-order valence-electron chi connectivity index (χ2n) is 6.58. The Balaban J connectivity index is 1.82. The Kier molecular flexibility index (Phi) is 7.34. The van der Waals surface area contributed by atoms with Crippen molar-refractivity contribution in [3.63, 3.8) is 0 Å². The van der Waals surface area contributed by atoms with E-state index in [4.69, 9.17) is 9.47 Å². The molecule has 0 spiro atoms. The van der Waals surface area contributed by atoms with E-state index in [-0.39, 0.29) is 18.4 Å². The van der Waals surface area contributed by atoms with Crippen LogP contribution < -0.4 is 5.32 Å². The third kappa shape index (κ3) is 6.09. The summed E-state index contributed by atoms with van der Waals surface area (Å²) < 4.78 is 10.1. The number of imide groups is 1. The number of nitrogens with one attached hydrogen (secondary N) is 1. The summed E-state index contributed by atoms with van der Waals surface area (Å²) >= 11 is 0. The molecule has 1 atom stereocenters. The number of ether oxygens (including phenoxy) is 2. The number of hydrogen-bond donors (Lipinski definition) is 1. The molecule has 1 N–H and O–H groups in total. The van der Waals surface area contributed by atoms with Gasteiger partial charge in [-0.3, -0.25) is 14.5 Å². The molecule has 1 aliphatic rings. The van der Waals surface area contributed by atoms with Crippen molar-refractivity contribution in [1.82, 2.24) is 10.2 Å². The molecule has 1 unspecified atom stereocenters. The number of esters is 1. The monoisotopic (exact) mass is 376 g/mol. The van der Waals surface area contributed by atoms with E-state index in [1.54, 1.807) is 13.8 Å². The Labute approximate surface area is 157 Å². The van der Waals surface area contributed by atoms with Crippen LogP contribution in [0, 0.1) is 5.92 Å². The molecule has 1 saturated heterocycles. The fourth-order valence-electron chi connectivity index (χ4n) is 2.60. The molecule has 8 nitrogen and oxygen atoms in total. The Morgan fingerprint density at radius 1 is 1.15 bits per heavy atom. The summed E-state index contributed by atoms with van der Waals surface area (Å²) in [5, 5.41) is 2.46. The normalized spacial score (nSPS) is 14.8. The molecule has 0 saturated carbocycles. The number of carbonyl (C=O) groups excluding carboxylic acids is 4. The summed E-state index contributed by atoms with van der Waals surface area (Å²) in [6.45, 7) is 3.34. The second kappa shape index (κ2) is 9.70. The SMILES string of the molecule is CC(C)C(NC(=O)OCc1ccccc1)C(=O)OCC(=O)N1CCCC1=O. The van der Waals surface area contributed by atoms with Gasteiger partial charge in [0.2, 0.25) is 5.91 Å². The van der Waals surface area contributed by atoms with E-state index in [0.717, 1.165) is 10.5 Å². The number of amides is 3. The third-order valence-electron chi connectivity index (χ3n) is 4.12. The second-order valence-corrected chi connectivity index (χ2v) is 6.58. The van der Waals surface area contributed by atoms with E-state index in [1.807, 2.05) is 30.3 Å². The number of alkyl carbamates (subject to hydrolysis) is 1. The first-order valence-electron chi connectivity index (χ1n) is 8.85. The molecule has 2 rings (SSSR count). The average molecular weight is 376 g/mol. The Hall–Kier alpha value is -2.90. The molecule has 146 valence electrons. The maximum absolute atomic E-state index is 12.2. The van der Waals surface area contributed by atoms with E-state index >= 15 is 0 Å².